The van der Waals surface area contributed by atoms with Crippen molar-refractivity contribution in [3.05, 3.63) is 104 Å². The Morgan fingerprint density at radius 3 is 2.00 bits per heavy atom. The molecule has 0 bridgehead atoms. The van der Waals surface area contributed by atoms with Gasteiger partial charge >= 0.3 is 0 Å². The smallest absolute Gasteiger partial charge is 0.234 e. The number of hydrogen-bond donors (Lipinski definition) is 1. The summed E-state index contributed by atoms with van der Waals surface area (Å²) < 4.78 is 2.07. The van der Waals surface area contributed by atoms with E-state index < -0.39 is 0 Å². The number of carbonyl (C=O) groups excluding carboxylic acids is 1. The number of benzene rings is 3. The second-order valence-electron chi connectivity index (χ2n) is 6.98. The highest BCUT2D eigenvalue weighted by molar-refractivity contribution is 9.10. The molecule has 1 N–H and O–H groups in total. The molecule has 0 aromatic heterocycles. The van der Waals surface area contributed by atoms with Gasteiger partial charge in [-0.1, -0.05) is 86.5 Å². The van der Waals surface area contributed by atoms with E-state index in [1.807, 2.05) is 30.3 Å². The van der Waals surface area contributed by atoms with Crippen molar-refractivity contribution < 1.29 is 4.79 Å². The summed E-state index contributed by atoms with van der Waals surface area (Å²) in [6.45, 7) is 1.10. The van der Waals surface area contributed by atoms with E-state index in [9.17, 15) is 4.79 Å². The van der Waals surface area contributed by atoms with E-state index in [-0.39, 0.29) is 18.0 Å². The molecule has 28 heavy (non-hydrogen) atoms. The first kappa shape index (κ1) is 19.4. The highest BCUT2D eigenvalue weighted by Crippen LogP contribution is 2.38. The molecular formula is C23H20Br2N2O. The van der Waals surface area contributed by atoms with Crippen molar-refractivity contribution in [1.29, 1.82) is 0 Å². The second kappa shape index (κ2) is 8.60. The van der Waals surface area contributed by atoms with Gasteiger partial charge in [-0.05, 0) is 41.0 Å². The molecule has 1 aliphatic heterocycles. The minimum Gasteiger partial charge on any atom is -0.346 e. The molecule has 0 aliphatic carbocycles. The maximum absolute atomic E-state index is 12.6. The standard InChI is InChI=1S/C23H20Br2N2O/c24-19-10-6-17(7-11-19)22-23(18-8-12-20(25)13-9-18)27(15-21(28)26-22)14-16-4-2-1-3-5-16/h1-13,22-23H,14-15H2,(H,26,28)/t22-,23+/m1/s1. The van der Waals surface area contributed by atoms with Gasteiger partial charge in [-0.2, -0.15) is 0 Å². The number of halogens is 2. The van der Waals surface area contributed by atoms with E-state index in [1.54, 1.807) is 0 Å². The van der Waals surface area contributed by atoms with Crippen LogP contribution in [-0.4, -0.2) is 17.4 Å². The van der Waals surface area contributed by atoms with Crippen LogP contribution in [0.5, 0.6) is 0 Å². The molecular weight excluding hydrogens is 480 g/mol. The number of piperazine rings is 1. The predicted molar refractivity (Wildman–Crippen MR) is 119 cm³/mol. The lowest BCUT2D eigenvalue weighted by Crippen LogP contribution is -2.51. The van der Waals surface area contributed by atoms with E-state index in [4.69, 9.17) is 0 Å². The zero-order chi connectivity index (χ0) is 19.5. The van der Waals surface area contributed by atoms with Crippen LogP contribution in [-0.2, 0) is 11.3 Å². The second-order valence-corrected chi connectivity index (χ2v) is 8.82. The largest absolute Gasteiger partial charge is 0.346 e. The molecule has 0 unspecified atom stereocenters. The van der Waals surface area contributed by atoms with E-state index in [0.29, 0.717) is 6.54 Å². The van der Waals surface area contributed by atoms with Crippen molar-refractivity contribution in [3.63, 3.8) is 0 Å². The number of nitrogens with zero attached hydrogens (tertiary/aromatic N) is 1. The number of amides is 1. The zero-order valence-corrected chi connectivity index (χ0v) is 18.4. The van der Waals surface area contributed by atoms with Gasteiger partial charge in [-0.25, -0.2) is 0 Å². The van der Waals surface area contributed by atoms with Crippen molar-refractivity contribution in [3.8, 4) is 0 Å². The van der Waals surface area contributed by atoms with Gasteiger partial charge in [-0.3, -0.25) is 9.69 Å². The lowest BCUT2D eigenvalue weighted by Gasteiger charge is -2.42. The Kier molecular flexibility index (Phi) is 5.95. The summed E-state index contributed by atoms with van der Waals surface area (Å²) in [6, 6.07) is 26.9. The predicted octanol–water partition coefficient (Wildman–Crippen LogP) is 5.63. The fourth-order valence-corrected chi connectivity index (χ4v) is 4.29. The molecule has 3 aromatic carbocycles. The van der Waals surface area contributed by atoms with Crippen molar-refractivity contribution in [1.82, 2.24) is 10.2 Å². The number of rotatable bonds is 4. The van der Waals surface area contributed by atoms with Crippen LogP contribution in [0.2, 0.25) is 0 Å². The topological polar surface area (TPSA) is 32.3 Å². The molecule has 2 atom stereocenters. The normalized spacial score (nSPS) is 20.0. The Bertz CT molecular complexity index is 943. The first-order valence-electron chi connectivity index (χ1n) is 9.18. The van der Waals surface area contributed by atoms with Gasteiger partial charge in [0.2, 0.25) is 5.91 Å². The third-order valence-electron chi connectivity index (χ3n) is 5.04. The van der Waals surface area contributed by atoms with Gasteiger partial charge in [0.15, 0.2) is 0 Å². The van der Waals surface area contributed by atoms with E-state index >= 15 is 0 Å². The summed E-state index contributed by atoms with van der Waals surface area (Å²) in [6.07, 6.45) is 0. The Labute approximate surface area is 182 Å². The summed E-state index contributed by atoms with van der Waals surface area (Å²) in [5.74, 6) is 0.0530. The SMILES string of the molecule is O=C1CN(Cc2ccccc2)[C@@H](c2ccc(Br)cc2)[C@@H](c2ccc(Br)cc2)N1. The first-order valence-corrected chi connectivity index (χ1v) is 10.8. The van der Waals surface area contributed by atoms with Crippen LogP contribution in [0, 0.1) is 0 Å². The lowest BCUT2D eigenvalue weighted by molar-refractivity contribution is -0.128. The van der Waals surface area contributed by atoms with Crippen LogP contribution in [0.3, 0.4) is 0 Å². The van der Waals surface area contributed by atoms with Gasteiger partial charge in [0.1, 0.15) is 0 Å². The fraction of sp³-hybridized carbons (Fsp3) is 0.174. The molecule has 1 aliphatic rings. The average molecular weight is 500 g/mol. The average Bonchev–Trinajstić information content (AvgIpc) is 2.70. The molecule has 0 saturated carbocycles. The molecule has 0 radical (unpaired) electrons. The summed E-state index contributed by atoms with van der Waals surface area (Å²) >= 11 is 7.03. The van der Waals surface area contributed by atoms with Crippen molar-refractivity contribution in [2.45, 2.75) is 18.6 Å². The van der Waals surface area contributed by atoms with Crippen molar-refractivity contribution in [2.75, 3.05) is 6.54 Å². The van der Waals surface area contributed by atoms with Gasteiger partial charge in [-0.15, -0.1) is 0 Å². The first-order chi connectivity index (χ1) is 13.6. The Hall–Kier alpha value is -1.95. The minimum atomic E-state index is -0.112. The molecule has 1 amide bonds. The third kappa shape index (κ3) is 4.37. The fourth-order valence-electron chi connectivity index (χ4n) is 3.76. The van der Waals surface area contributed by atoms with Crippen molar-refractivity contribution in [2.24, 2.45) is 0 Å². The molecule has 3 aromatic rings. The minimum absolute atomic E-state index is 0.0483. The number of nitrogens with one attached hydrogen (secondary N) is 1. The molecule has 5 heteroatoms. The molecule has 4 rings (SSSR count). The molecule has 142 valence electrons. The van der Waals surface area contributed by atoms with Crippen LogP contribution >= 0.6 is 31.9 Å². The molecule has 1 saturated heterocycles. The van der Waals surface area contributed by atoms with Crippen LogP contribution in [0.25, 0.3) is 0 Å². The quantitative estimate of drug-likeness (QED) is 0.504. The molecule has 0 spiro atoms. The summed E-state index contributed by atoms with van der Waals surface area (Å²) in [7, 11) is 0. The monoisotopic (exact) mass is 498 g/mol. The maximum atomic E-state index is 12.6. The zero-order valence-electron chi connectivity index (χ0n) is 15.2. The molecule has 1 heterocycles. The Balaban J connectivity index is 1.75. The van der Waals surface area contributed by atoms with E-state index in [0.717, 1.165) is 21.1 Å². The lowest BCUT2D eigenvalue weighted by atomic mass is 9.89. The van der Waals surface area contributed by atoms with Gasteiger partial charge in [0.05, 0.1) is 18.6 Å². The van der Waals surface area contributed by atoms with E-state index in [1.165, 1.54) is 11.1 Å². The van der Waals surface area contributed by atoms with Crippen LogP contribution in [0.4, 0.5) is 0 Å². The highest BCUT2D eigenvalue weighted by atomic mass is 79.9. The van der Waals surface area contributed by atoms with Crippen LogP contribution < -0.4 is 5.32 Å². The number of hydrogen-bond acceptors (Lipinski definition) is 2. The van der Waals surface area contributed by atoms with Crippen LogP contribution in [0.15, 0.2) is 87.8 Å². The summed E-state index contributed by atoms with van der Waals surface area (Å²) in [5, 5.41) is 3.22. The van der Waals surface area contributed by atoms with Gasteiger partial charge in [0, 0.05) is 15.5 Å². The highest BCUT2D eigenvalue weighted by Gasteiger charge is 2.36. The number of carbonyl (C=O) groups is 1. The summed E-state index contributed by atoms with van der Waals surface area (Å²) in [4.78, 5) is 14.8. The van der Waals surface area contributed by atoms with Gasteiger partial charge < -0.3 is 5.32 Å². The van der Waals surface area contributed by atoms with E-state index in [2.05, 4.69) is 90.6 Å². The van der Waals surface area contributed by atoms with Crippen molar-refractivity contribution >= 4 is 37.8 Å². The summed E-state index contributed by atoms with van der Waals surface area (Å²) in [5.41, 5.74) is 3.49. The Morgan fingerprint density at radius 2 is 1.39 bits per heavy atom. The van der Waals surface area contributed by atoms with Gasteiger partial charge in [0.25, 0.3) is 0 Å². The van der Waals surface area contributed by atoms with Crippen LogP contribution in [0.1, 0.15) is 28.8 Å². The maximum Gasteiger partial charge on any atom is 0.234 e. The molecule has 3 nitrogen and oxygen atoms in total. The molecule has 1 fully saturated rings. The Morgan fingerprint density at radius 1 is 0.821 bits per heavy atom. The third-order valence-corrected chi connectivity index (χ3v) is 6.10.